The molecule has 86 valence electrons. The van der Waals surface area contributed by atoms with E-state index < -0.39 is 0 Å². The number of rotatable bonds is 3. The van der Waals surface area contributed by atoms with Crippen LogP contribution in [0.5, 0.6) is 0 Å². The Morgan fingerprint density at radius 3 is 2.47 bits per heavy atom. The summed E-state index contributed by atoms with van der Waals surface area (Å²) in [4.78, 5) is 11.6. The van der Waals surface area contributed by atoms with Gasteiger partial charge in [0.25, 0.3) is 0 Å². The highest BCUT2D eigenvalue weighted by Crippen LogP contribution is 2.33. The lowest BCUT2D eigenvalue weighted by Crippen LogP contribution is -2.50. The fourth-order valence-corrected chi connectivity index (χ4v) is 2.24. The van der Waals surface area contributed by atoms with Gasteiger partial charge in [-0.15, -0.1) is 0 Å². The van der Waals surface area contributed by atoms with Crippen molar-refractivity contribution in [3.05, 3.63) is 0 Å². The third kappa shape index (κ3) is 2.84. The van der Waals surface area contributed by atoms with Crippen molar-refractivity contribution < 1.29 is 4.79 Å². The maximum Gasteiger partial charge on any atom is 0.315 e. The Balaban J connectivity index is 1.72. The Labute approximate surface area is 91.0 Å². The molecule has 0 unspecified atom stereocenters. The van der Waals surface area contributed by atoms with Crippen LogP contribution < -0.4 is 16.4 Å². The smallest absolute Gasteiger partial charge is 0.315 e. The molecule has 2 saturated carbocycles. The first-order valence-corrected chi connectivity index (χ1v) is 6.03. The van der Waals surface area contributed by atoms with E-state index in [4.69, 9.17) is 5.73 Å². The maximum atomic E-state index is 11.6. The molecule has 4 heteroatoms. The van der Waals surface area contributed by atoms with E-state index in [1.165, 1.54) is 19.3 Å². The van der Waals surface area contributed by atoms with Gasteiger partial charge in [0, 0.05) is 12.6 Å². The van der Waals surface area contributed by atoms with Crippen molar-refractivity contribution in [1.82, 2.24) is 10.6 Å². The molecule has 0 aromatic rings. The van der Waals surface area contributed by atoms with Crippen molar-refractivity contribution in [1.29, 1.82) is 0 Å². The summed E-state index contributed by atoms with van der Waals surface area (Å²) in [5.74, 6) is 0. The van der Waals surface area contributed by atoms with Gasteiger partial charge >= 0.3 is 6.03 Å². The first kappa shape index (κ1) is 10.7. The summed E-state index contributed by atoms with van der Waals surface area (Å²) >= 11 is 0. The van der Waals surface area contributed by atoms with Crippen LogP contribution in [0.2, 0.25) is 0 Å². The number of carbonyl (C=O) groups excluding carboxylic acids is 1. The molecule has 0 aromatic carbocycles. The Morgan fingerprint density at radius 1 is 1.27 bits per heavy atom. The lowest BCUT2D eigenvalue weighted by atomic mass is 9.96. The molecule has 2 fully saturated rings. The number of hydrogen-bond donors (Lipinski definition) is 3. The standard InChI is InChI=1S/C11H21N3O/c12-8-11(6-7-11)14-10(15)13-9-4-2-1-3-5-9/h9H,1-8,12H2,(H2,13,14,15). The van der Waals surface area contributed by atoms with Crippen LogP contribution in [0.1, 0.15) is 44.9 Å². The minimum atomic E-state index is -0.0707. The molecule has 0 heterocycles. The Bertz CT molecular complexity index is 232. The molecule has 0 radical (unpaired) electrons. The van der Waals surface area contributed by atoms with Gasteiger partial charge in [-0.2, -0.15) is 0 Å². The van der Waals surface area contributed by atoms with Gasteiger partial charge in [0.1, 0.15) is 0 Å². The van der Waals surface area contributed by atoms with E-state index in [1.54, 1.807) is 0 Å². The van der Waals surface area contributed by atoms with Crippen LogP contribution in [0.25, 0.3) is 0 Å². The Kier molecular flexibility index (Phi) is 3.14. The van der Waals surface area contributed by atoms with Gasteiger partial charge in [0.05, 0.1) is 5.54 Å². The minimum Gasteiger partial charge on any atom is -0.335 e. The molecule has 4 N–H and O–H groups in total. The molecule has 2 rings (SSSR count). The first-order chi connectivity index (χ1) is 7.24. The van der Waals surface area contributed by atoms with E-state index in [0.717, 1.165) is 25.7 Å². The minimum absolute atomic E-state index is 0.0233. The Morgan fingerprint density at radius 2 is 1.93 bits per heavy atom. The number of nitrogens with two attached hydrogens (primary N) is 1. The third-order valence-corrected chi connectivity index (χ3v) is 3.56. The molecule has 4 nitrogen and oxygen atoms in total. The van der Waals surface area contributed by atoms with Gasteiger partial charge in [-0.25, -0.2) is 4.79 Å². The quantitative estimate of drug-likeness (QED) is 0.654. The van der Waals surface area contributed by atoms with Crippen molar-refractivity contribution in [2.24, 2.45) is 5.73 Å². The lowest BCUT2D eigenvalue weighted by molar-refractivity contribution is 0.228. The van der Waals surface area contributed by atoms with Gasteiger partial charge in [-0.3, -0.25) is 0 Å². The fraction of sp³-hybridized carbons (Fsp3) is 0.909. The average Bonchev–Trinajstić information content (AvgIpc) is 3.00. The number of amides is 2. The first-order valence-electron chi connectivity index (χ1n) is 6.03. The summed E-state index contributed by atoms with van der Waals surface area (Å²) in [7, 11) is 0. The van der Waals surface area contributed by atoms with Crippen LogP contribution in [0.15, 0.2) is 0 Å². The zero-order chi connectivity index (χ0) is 10.7. The Hall–Kier alpha value is -0.770. The normalized spacial score (nSPS) is 24.6. The predicted molar refractivity (Wildman–Crippen MR) is 59.6 cm³/mol. The zero-order valence-corrected chi connectivity index (χ0v) is 9.22. The molecule has 15 heavy (non-hydrogen) atoms. The number of urea groups is 1. The average molecular weight is 211 g/mol. The molecule has 2 aliphatic carbocycles. The largest absolute Gasteiger partial charge is 0.335 e. The zero-order valence-electron chi connectivity index (χ0n) is 9.22. The van der Waals surface area contributed by atoms with E-state index in [-0.39, 0.29) is 11.6 Å². The molecular weight excluding hydrogens is 190 g/mol. The van der Waals surface area contributed by atoms with Crippen molar-refractivity contribution in [3.8, 4) is 0 Å². The van der Waals surface area contributed by atoms with E-state index >= 15 is 0 Å². The van der Waals surface area contributed by atoms with E-state index in [1.807, 2.05) is 0 Å². The van der Waals surface area contributed by atoms with Crippen LogP contribution in [-0.2, 0) is 0 Å². The number of carbonyl (C=O) groups is 1. The molecule has 0 bridgehead atoms. The van der Waals surface area contributed by atoms with Crippen molar-refractivity contribution >= 4 is 6.03 Å². The molecule has 0 saturated heterocycles. The summed E-state index contributed by atoms with van der Waals surface area (Å²) in [6.07, 6.45) is 8.11. The molecule has 0 spiro atoms. The second-order valence-corrected chi connectivity index (χ2v) is 4.92. The second kappa shape index (κ2) is 4.39. The van der Waals surface area contributed by atoms with Gasteiger partial charge in [-0.05, 0) is 25.7 Å². The fourth-order valence-electron chi connectivity index (χ4n) is 2.24. The topological polar surface area (TPSA) is 67.1 Å². The molecule has 0 aromatic heterocycles. The van der Waals surface area contributed by atoms with Crippen LogP contribution in [0.3, 0.4) is 0 Å². The maximum absolute atomic E-state index is 11.6. The van der Waals surface area contributed by atoms with E-state index in [0.29, 0.717) is 12.6 Å². The van der Waals surface area contributed by atoms with Crippen molar-refractivity contribution in [2.75, 3.05) is 6.54 Å². The summed E-state index contributed by atoms with van der Waals surface area (Å²) in [5.41, 5.74) is 5.54. The van der Waals surface area contributed by atoms with Crippen LogP contribution >= 0.6 is 0 Å². The lowest BCUT2D eigenvalue weighted by Gasteiger charge is -2.24. The van der Waals surface area contributed by atoms with Gasteiger partial charge in [0.15, 0.2) is 0 Å². The number of hydrogen-bond acceptors (Lipinski definition) is 2. The summed E-state index contributed by atoms with van der Waals surface area (Å²) < 4.78 is 0. The highest BCUT2D eigenvalue weighted by Gasteiger charge is 2.42. The molecule has 0 aliphatic heterocycles. The highest BCUT2D eigenvalue weighted by atomic mass is 16.2. The van der Waals surface area contributed by atoms with Crippen molar-refractivity contribution in [3.63, 3.8) is 0 Å². The molecule has 0 atom stereocenters. The van der Waals surface area contributed by atoms with Crippen LogP contribution in [-0.4, -0.2) is 24.2 Å². The van der Waals surface area contributed by atoms with Crippen LogP contribution in [0, 0.1) is 0 Å². The highest BCUT2D eigenvalue weighted by molar-refractivity contribution is 5.75. The second-order valence-electron chi connectivity index (χ2n) is 4.92. The SMILES string of the molecule is NCC1(NC(=O)NC2CCCCC2)CC1. The van der Waals surface area contributed by atoms with E-state index in [9.17, 15) is 4.79 Å². The molecule has 2 amide bonds. The van der Waals surface area contributed by atoms with Crippen molar-refractivity contribution in [2.45, 2.75) is 56.5 Å². The summed E-state index contributed by atoms with van der Waals surface area (Å²) in [6, 6.07) is 0.358. The van der Waals surface area contributed by atoms with E-state index in [2.05, 4.69) is 10.6 Å². The number of nitrogens with one attached hydrogen (secondary N) is 2. The van der Waals surface area contributed by atoms with Crippen LogP contribution in [0.4, 0.5) is 4.79 Å². The summed E-state index contributed by atoms with van der Waals surface area (Å²) in [6.45, 7) is 0.561. The van der Waals surface area contributed by atoms with Gasteiger partial charge < -0.3 is 16.4 Å². The summed E-state index contributed by atoms with van der Waals surface area (Å²) in [5, 5.41) is 6.03. The molecule has 2 aliphatic rings. The monoisotopic (exact) mass is 211 g/mol. The molecular formula is C11H21N3O. The third-order valence-electron chi connectivity index (χ3n) is 3.56. The van der Waals surface area contributed by atoms with Gasteiger partial charge in [0.2, 0.25) is 0 Å². The van der Waals surface area contributed by atoms with Gasteiger partial charge in [-0.1, -0.05) is 19.3 Å². The predicted octanol–water partition coefficient (Wildman–Crippen LogP) is 1.11.